The molecule has 5 N–H and O–H groups in total. The fourth-order valence-electron chi connectivity index (χ4n) is 4.04. The third kappa shape index (κ3) is 5.85. The summed E-state index contributed by atoms with van der Waals surface area (Å²) in [5, 5.41) is 8.97. The highest BCUT2D eigenvalue weighted by atomic mass is 35.5. The number of hydrogen-bond donors (Lipinski definition) is 4. The summed E-state index contributed by atoms with van der Waals surface area (Å²) in [4.78, 5) is 49.5. The van der Waals surface area contributed by atoms with E-state index in [1.165, 1.54) is 23.6 Å². The van der Waals surface area contributed by atoms with Crippen LogP contribution in [-0.2, 0) is 22.6 Å². The highest BCUT2D eigenvalue weighted by molar-refractivity contribution is 7.13. The summed E-state index contributed by atoms with van der Waals surface area (Å²) in [6, 6.07) is 2.13. The molecule has 3 heterocycles. The molecule has 12 heteroatoms. The van der Waals surface area contributed by atoms with E-state index in [1.807, 2.05) is 7.05 Å². The predicted octanol–water partition coefficient (Wildman–Crippen LogP) is 0.913. The average Bonchev–Trinajstić information content (AvgIpc) is 3.20. The van der Waals surface area contributed by atoms with Crippen LogP contribution in [0.3, 0.4) is 0 Å². The van der Waals surface area contributed by atoms with E-state index in [4.69, 9.17) is 17.3 Å². The van der Waals surface area contributed by atoms with E-state index in [-0.39, 0.29) is 17.8 Å². The molecule has 4 rings (SSSR count). The number of carbonyl (C=O) groups excluding carboxylic acids is 3. The molecule has 2 aromatic rings. The molecule has 33 heavy (non-hydrogen) atoms. The number of likely N-dealkylation sites (N-methyl/N-ethyl adjacent to an activating group) is 1. The molecule has 0 aromatic carbocycles. The number of rotatable bonds is 4. The molecule has 176 valence electrons. The Morgan fingerprint density at radius 3 is 2.76 bits per heavy atom. The van der Waals surface area contributed by atoms with E-state index in [0.717, 1.165) is 30.1 Å². The molecular formula is C21H26ClN7O3S. The van der Waals surface area contributed by atoms with Gasteiger partial charge >= 0.3 is 11.8 Å². The molecular weight excluding hydrogens is 466 g/mol. The topological polar surface area (TPSA) is 142 Å². The van der Waals surface area contributed by atoms with Crippen LogP contribution in [0.5, 0.6) is 0 Å². The molecule has 10 nitrogen and oxygen atoms in total. The lowest BCUT2D eigenvalue weighted by atomic mass is 9.87. The number of halogens is 1. The zero-order valence-corrected chi connectivity index (χ0v) is 19.7. The Kier molecular flexibility index (Phi) is 7.23. The van der Waals surface area contributed by atoms with E-state index in [0.29, 0.717) is 29.3 Å². The number of anilines is 1. The number of carbonyl (C=O) groups is 3. The Morgan fingerprint density at radius 2 is 2.00 bits per heavy atom. The normalized spacial score (nSPS) is 22.8. The minimum atomic E-state index is -0.846. The molecule has 0 spiro atoms. The maximum atomic E-state index is 12.9. The zero-order valence-electron chi connectivity index (χ0n) is 18.1. The molecule has 1 fully saturated rings. The number of aromatic nitrogens is 2. The van der Waals surface area contributed by atoms with Crippen molar-refractivity contribution < 1.29 is 14.4 Å². The number of fused-ring (bicyclic) bond motifs is 1. The van der Waals surface area contributed by atoms with Crippen molar-refractivity contribution in [1.82, 2.24) is 25.5 Å². The number of nitrogens with zero attached hydrogens (tertiary/aromatic N) is 3. The van der Waals surface area contributed by atoms with Gasteiger partial charge in [-0.15, -0.1) is 11.3 Å². The van der Waals surface area contributed by atoms with Gasteiger partial charge in [0.05, 0.1) is 16.8 Å². The van der Waals surface area contributed by atoms with Crippen molar-refractivity contribution >= 4 is 46.5 Å². The van der Waals surface area contributed by atoms with Gasteiger partial charge in [0.15, 0.2) is 5.01 Å². The molecule has 2 aromatic heterocycles. The number of nitrogens with one attached hydrogen (secondary N) is 3. The van der Waals surface area contributed by atoms with Gasteiger partial charge in [-0.05, 0) is 38.4 Å². The van der Waals surface area contributed by atoms with E-state index >= 15 is 0 Å². The smallest absolute Gasteiger partial charge is 0.314 e. The maximum absolute atomic E-state index is 12.9. The second kappa shape index (κ2) is 10.1. The lowest BCUT2D eigenvalue weighted by Gasteiger charge is -2.35. The molecule has 3 atom stereocenters. The highest BCUT2D eigenvalue weighted by Gasteiger charge is 2.33. The summed E-state index contributed by atoms with van der Waals surface area (Å²) in [6.45, 7) is 1.70. The van der Waals surface area contributed by atoms with E-state index in [2.05, 4.69) is 30.8 Å². The first kappa shape index (κ1) is 23.6. The second-order valence-electron chi connectivity index (χ2n) is 8.43. The van der Waals surface area contributed by atoms with Gasteiger partial charge < -0.3 is 26.6 Å². The molecule has 3 amide bonds. The fourth-order valence-corrected chi connectivity index (χ4v) is 5.25. The van der Waals surface area contributed by atoms with Crippen molar-refractivity contribution in [3.63, 3.8) is 0 Å². The maximum Gasteiger partial charge on any atom is 0.314 e. The SMILES string of the molecule is CN1CCc2nc(C(=O)N[C@@H]3C[C@@H](N)CC[C@@H]3NC(=O)C(=O)Nc3ccc(Cl)cn3)sc2C1. The summed E-state index contributed by atoms with van der Waals surface area (Å²) in [5.74, 6) is -1.72. The zero-order chi connectivity index (χ0) is 23.5. The van der Waals surface area contributed by atoms with Gasteiger partial charge in [-0.1, -0.05) is 11.6 Å². The van der Waals surface area contributed by atoms with Gasteiger partial charge in [0.25, 0.3) is 5.91 Å². The van der Waals surface area contributed by atoms with Crippen molar-refractivity contribution in [2.24, 2.45) is 5.73 Å². The number of hydrogen-bond acceptors (Lipinski definition) is 8. The predicted molar refractivity (Wildman–Crippen MR) is 125 cm³/mol. The third-order valence-electron chi connectivity index (χ3n) is 5.82. The van der Waals surface area contributed by atoms with Crippen LogP contribution in [0.1, 0.15) is 39.6 Å². The lowest BCUT2D eigenvalue weighted by molar-refractivity contribution is -0.136. The summed E-state index contributed by atoms with van der Waals surface area (Å²) >= 11 is 7.18. The molecule has 2 aliphatic rings. The number of nitrogens with two attached hydrogens (primary N) is 1. The van der Waals surface area contributed by atoms with Gasteiger partial charge in [0.1, 0.15) is 5.82 Å². The molecule has 0 saturated heterocycles. The number of thiazole rings is 1. The largest absolute Gasteiger partial charge is 0.345 e. The van der Waals surface area contributed by atoms with Crippen LogP contribution in [0.2, 0.25) is 5.02 Å². The molecule has 0 unspecified atom stereocenters. The summed E-state index contributed by atoms with van der Waals surface area (Å²) < 4.78 is 0. The van der Waals surface area contributed by atoms with Crippen LogP contribution in [0.4, 0.5) is 5.82 Å². The van der Waals surface area contributed by atoms with Crippen LogP contribution < -0.4 is 21.7 Å². The molecule has 0 radical (unpaired) electrons. The summed E-state index contributed by atoms with van der Waals surface area (Å²) in [5.41, 5.74) is 7.09. The average molecular weight is 492 g/mol. The molecule has 1 aliphatic heterocycles. The Labute approximate surface area is 200 Å². The summed E-state index contributed by atoms with van der Waals surface area (Å²) in [6.07, 6.45) is 3.90. The number of amides is 3. The van der Waals surface area contributed by atoms with E-state index in [1.54, 1.807) is 6.07 Å². The Bertz CT molecular complexity index is 1040. The molecule has 1 saturated carbocycles. The summed E-state index contributed by atoms with van der Waals surface area (Å²) in [7, 11) is 2.04. The third-order valence-corrected chi connectivity index (χ3v) is 7.12. The Hall–Kier alpha value is -2.60. The van der Waals surface area contributed by atoms with Crippen molar-refractivity contribution in [2.75, 3.05) is 18.9 Å². The van der Waals surface area contributed by atoms with Crippen molar-refractivity contribution in [3.8, 4) is 0 Å². The van der Waals surface area contributed by atoms with Gasteiger partial charge in [-0.25, -0.2) is 9.97 Å². The minimum absolute atomic E-state index is 0.103. The van der Waals surface area contributed by atoms with Crippen molar-refractivity contribution in [2.45, 2.75) is 50.4 Å². The van der Waals surface area contributed by atoms with Crippen molar-refractivity contribution in [1.29, 1.82) is 0 Å². The van der Waals surface area contributed by atoms with Crippen LogP contribution >= 0.6 is 22.9 Å². The Balaban J connectivity index is 1.39. The van der Waals surface area contributed by atoms with Crippen LogP contribution in [0.25, 0.3) is 0 Å². The standard InChI is InChI=1S/C21H26ClN7O3S/c1-29-7-6-14-16(10-29)33-21(27-14)20(32)26-15-8-12(23)3-4-13(15)25-18(30)19(31)28-17-5-2-11(22)9-24-17/h2,5,9,12-13,15H,3-4,6-8,10,23H2,1H3,(H,25,30)(H,26,32)(H,24,28,31)/t12-,13-,15+/m0/s1. The molecule has 1 aliphatic carbocycles. The highest BCUT2D eigenvalue weighted by Crippen LogP contribution is 2.25. The van der Waals surface area contributed by atoms with Crippen LogP contribution in [0, 0.1) is 0 Å². The van der Waals surface area contributed by atoms with Gasteiger partial charge in [0, 0.05) is 42.7 Å². The first-order valence-corrected chi connectivity index (χ1v) is 11.9. The van der Waals surface area contributed by atoms with E-state index < -0.39 is 23.9 Å². The minimum Gasteiger partial charge on any atom is -0.345 e. The quantitative estimate of drug-likeness (QED) is 0.465. The fraction of sp³-hybridized carbons (Fsp3) is 0.476. The lowest BCUT2D eigenvalue weighted by Crippen LogP contribution is -2.57. The first-order chi connectivity index (χ1) is 15.8. The monoisotopic (exact) mass is 491 g/mol. The van der Waals surface area contributed by atoms with Crippen LogP contribution in [-0.4, -0.2) is 64.3 Å². The van der Waals surface area contributed by atoms with E-state index in [9.17, 15) is 14.4 Å². The number of pyridine rings is 1. The second-order valence-corrected chi connectivity index (χ2v) is 9.95. The van der Waals surface area contributed by atoms with Gasteiger partial charge in [0.2, 0.25) is 0 Å². The Morgan fingerprint density at radius 1 is 1.18 bits per heavy atom. The van der Waals surface area contributed by atoms with Gasteiger partial charge in [-0.3, -0.25) is 14.4 Å². The van der Waals surface area contributed by atoms with Gasteiger partial charge in [-0.2, -0.15) is 0 Å². The van der Waals surface area contributed by atoms with Crippen molar-refractivity contribution in [3.05, 3.63) is 38.9 Å². The van der Waals surface area contributed by atoms with Crippen LogP contribution in [0.15, 0.2) is 18.3 Å². The first-order valence-electron chi connectivity index (χ1n) is 10.8. The molecule has 0 bridgehead atoms.